The molecule has 1 saturated heterocycles. The number of rotatable bonds is 6. The van der Waals surface area contributed by atoms with Gasteiger partial charge in [-0.25, -0.2) is 0 Å². The van der Waals surface area contributed by atoms with E-state index in [4.69, 9.17) is 21.1 Å². The van der Waals surface area contributed by atoms with E-state index in [9.17, 15) is 4.79 Å². The van der Waals surface area contributed by atoms with Crippen molar-refractivity contribution in [3.8, 4) is 5.75 Å². The first-order valence-electron chi connectivity index (χ1n) is 8.32. The lowest BCUT2D eigenvalue weighted by molar-refractivity contribution is -0.116. The van der Waals surface area contributed by atoms with Crippen molar-refractivity contribution in [1.82, 2.24) is 0 Å². The first-order valence-corrected chi connectivity index (χ1v) is 8.69. The van der Waals surface area contributed by atoms with Crippen LogP contribution in [0.15, 0.2) is 48.5 Å². The lowest BCUT2D eigenvalue weighted by atomic mass is 10.2. The van der Waals surface area contributed by atoms with E-state index in [1.165, 1.54) is 0 Å². The van der Waals surface area contributed by atoms with Crippen molar-refractivity contribution in [2.24, 2.45) is 0 Å². The van der Waals surface area contributed by atoms with Gasteiger partial charge in [-0.3, -0.25) is 4.79 Å². The standard InChI is InChI=1S/C19H21ClN2O3/c20-15-4-6-18(7-5-15)25-11-8-19(23)21-16-2-1-3-17(14-16)22-9-12-24-13-10-22/h1-7,14H,8-13H2,(H,21,23). The van der Waals surface area contributed by atoms with Crippen LogP contribution in [-0.4, -0.2) is 38.8 Å². The second-order valence-electron chi connectivity index (χ2n) is 5.75. The fourth-order valence-corrected chi connectivity index (χ4v) is 2.74. The Hall–Kier alpha value is -2.24. The van der Waals surface area contributed by atoms with E-state index in [0.29, 0.717) is 17.4 Å². The number of carbonyl (C=O) groups excluding carboxylic acids is 1. The molecule has 5 nitrogen and oxygen atoms in total. The fraction of sp³-hybridized carbons (Fsp3) is 0.316. The number of anilines is 2. The molecule has 0 unspecified atom stereocenters. The van der Waals surface area contributed by atoms with Crippen LogP contribution < -0.4 is 15.0 Å². The van der Waals surface area contributed by atoms with Crippen molar-refractivity contribution in [2.75, 3.05) is 43.1 Å². The summed E-state index contributed by atoms with van der Waals surface area (Å²) in [5, 5.41) is 3.58. The molecule has 0 bridgehead atoms. The number of carbonyl (C=O) groups is 1. The highest BCUT2D eigenvalue weighted by Gasteiger charge is 2.12. The first-order chi connectivity index (χ1) is 12.2. The number of nitrogens with one attached hydrogen (secondary N) is 1. The van der Waals surface area contributed by atoms with Gasteiger partial charge in [-0.2, -0.15) is 0 Å². The van der Waals surface area contributed by atoms with E-state index in [0.717, 1.165) is 37.7 Å². The smallest absolute Gasteiger partial charge is 0.227 e. The van der Waals surface area contributed by atoms with E-state index in [-0.39, 0.29) is 12.3 Å². The highest BCUT2D eigenvalue weighted by molar-refractivity contribution is 6.30. The van der Waals surface area contributed by atoms with Crippen molar-refractivity contribution in [1.29, 1.82) is 0 Å². The average molecular weight is 361 g/mol. The Morgan fingerprint density at radius 1 is 1.16 bits per heavy atom. The third-order valence-corrected chi connectivity index (χ3v) is 4.17. The molecule has 1 aliphatic rings. The number of nitrogens with zero attached hydrogens (tertiary/aromatic N) is 1. The second kappa shape index (κ2) is 8.74. The van der Waals surface area contributed by atoms with Crippen LogP contribution in [0.2, 0.25) is 5.02 Å². The van der Waals surface area contributed by atoms with Crippen LogP contribution in [0.3, 0.4) is 0 Å². The molecule has 0 aliphatic carbocycles. The molecular weight excluding hydrogens is 340 g/mol. The topological polar surface area (TPSA) is 50.8 Å². The van der Waals surface area contributed by atoms with Crippen molar-refractivity contribution in [2.45, 2.75) is 6.42 Å². The van der Waals surface area contributed by atoms with Crippen LogP contribution in [0, 0.1) is 0 Å². The summed E-state index contributed by atoms with van der Waals surface area (Å²) in [7, 11) is 0. The summed E-state index contributed by atoms with van der Waals surface area (Å²) in [6.07, 6.45) is 0.282. The van der Waals surface area contributed by atoms with Gasteiger partial charge in [-0.05, 0) is 42.5 Å². The fourth-order valence-electron chi connectivity index (χ4n) is 2.62. The first kappa shape index (κ1) is 17.6. The number of amides is 1. The van der Waals surface area contributed by atoms with Gasteiger partial charge in [-0.1, -0.05) is 17.7 Å². The normalized spacial score (nSPS) is 14.2. The Bertz CT molecular complexity index is 700. The molecule has 1 fully saturated rings. The highest BCUT2D eigenvalue weighted by Crippen LogP contribution is 2.21. The van der Waals surface area contributed by atoms with Gasteiger partial charge < -0.3 is 19.7 Å². The van der Waals surface area contributed by atoms with Gasteiger partial charge in [0.2, 0.25) is 5.91 Å². The Morgan fingerprint density at radius 2 is 1.92 bits per heavy atom. The molecule has 0 spiro atoms. The number of hydrogen-bond acceptors (Lipinski definition) is 4. The molecule has 2 aromatic rings. The predicted octanol–water partition coefficient (Wildman–Crippen LogP) is 3.58. The summed E-state index contributed by atoms with van der Waals surface area (Å²) in [5.74, 6) is 0.625. The molecule has 0 saturated carbocycles. The zero-order valence-corrected chi connectivity index (χ0v) is 14.7. The van der Waals surface area contributed by atoms with Crippen LogP contribution in [0.1, 0.15) is 6.42 Å². The summed E-state index contributed by atoms with van der Waals surface area (Å²) in [5.41, 5.74) is 1.89. The van der Waals surface area contributed by atoms with E-state index >= 15 is 0 Å². The number of benzene rings is 2. The Morgan fingerprint density at radius 3 is 2.68 bits per heavy atom. The molecule has 1 heterocycles. The molecule has 1 N–H and O–H groups in total. The average Bonchev–Trinajstić information content (AvgIpc) is 2.64. The monoisotopic (exact) mass is 360 g/mol. The Balaban J connectivity index is 1.48. The van der Waals surface area contributed by atoms with Gasteiger partial charge >= 0.3 is 0 Å². The maximum absolute atomic E-state index is 12.1. The van der Waals surface area contributed by atoms with Crippen molar-refractivity contribution < 1.29 is 14.3 Å². The van der Waals surface area contributed by atoms with E-state index in [2.05, 4.69) is 10.2 Å². The molecule has 1 aliphatic heterocycles. The van der Waals surface area contributed by atoms with Crippen LogP contribution in [0.4, 0.5) is 11.4 Å². The quantitative estimate of drug-likeness (QED) is 0.855. The molecule has 1 amide bonds. The lowest BCUT2D eigenvalue weighted by Gasteiger charge is -2.29. The van der Waals surface area contributed by atoms with Crippen molar-refractivity contribution in [3.05, 3.63) is 53.6 Å². The highest BCUT2D eigenvalue weighted by atomic mass is 35.5. The maximum atomic E-state index is 12.1. The summed E-state index contributed by atoms with van der Waals surface area (Å²) in [6.45, 7) is 3.52. The largest absolute Gasteiger partial charge is 0.493 e. The molecule has 3 rings (SSSR count). The van der Waals surface area contributed by atoms with Crippen LogP contribution in [0.25, 0.3) is 0 Å². The van der Waals surface area contributed by atoms with Crippen LogP contribution >= 0.6 is 11.6 Å². The minimum absolute atomic E-state index is 0.0758. The summed E-state index contributed by atoms with van der Waals surface area (Å²) in [6, 6.07) is 15.0. The minimum atomic E-state index is -0.0758. The second-order valence-corrected chi connectivity index (χ2v) is 6.19. The zero-order chi connectivity index (χ0) is 17.5. The molecular formula is C19H21ClN2O3. The SMILES string of the molecule is O=C(CCOc1ccc(Cl)cc1)Nc1cccc(N2CCOCC2)c1. The third kappa shape index (κ3) is 5.37. The van der Waals surface area contributed by atoms with Gasteiger partial charge in [0.15, 0.2) is 0 Å². The Labute approximate surface area is 152 Å². The number of halogens is 1. The van der Waals surface area contributed by atoms with E-state index in [1.807, 2.05) is 24.3 Å². The minimum Gasteiger partial charge on any atom is -0.493 e. The van der Waals surface area contributed by atoms with E-state index in [1.54, 1.807) is 24.3 Å². The van der Waals surface area contributed by atoms with Crippen molar-refractivity contribution >= 4 is 28.9 Å². The molecule has 25 heavy (non-hydrogen) atoms. The summed E-state index contributed by atoms with van der Waals surface area (Å²) >= 11 is 5.83. The van der Waals surface area contributed by atoms with Crippen LogP contribution in [0.5, 0.6) is 5.75 Å². The Kier molecular flexibility index (Phi) is 6.14. The number of hydrogen-bond donors (Lipinski definition) is 1. The summed E-state index contributed by atoms with van der Waals surface area (Å²) in [4.78, 5) is 14.4. The molecule has 6 heteroatoms. The number of morpholine rings is 1. The lowest BCUT2D eigenvalue weighted by Crippen LogP contribution is -2.36. The zero-order valence-electron chi connectivity index (χ0n) is 13.9. The van der Waals surface area contributed by atoms with Crippen LogP contribution in [-0.2, 0) is 9.53 Å². The van der Waals surface area contributed by atoms with Gasteiger partial charge in [0.25, 0.3) is 0 Å². The molecule has 0 radical (unpaired) electrons. The number of ether oxygens (including phenoxy) is 2. The van der Waals surface area contributed by atoms with Gasteiger partial charge in [0.05, 0.1) is 26.2 Å². The predicted molar refractivity (Wildman–Crippen MR) is 99.7 cm³/mol. The third-order valence-electron chi connectivity index (χ3n) is 3.92. The van der Waals surface area contributed by atoms with Gasteiger partial charge in [0.1, 0.15) is 5.75 Å². The van der Waals surface area contributed by atoms with Gasteiger partial charge in [-0.15, -0.1) is 0 Å². The molecule has 2 aromatic carbocycles. The molecule has 0 aromatic heterocycles. The van der Waals surface area contributed by atoms with Gasteiger partial charge in [0, 0.05) is 29.5 Å². The van der Waals surface area contributed by atoms with Crippen molar-refractivity contribution in [3.63, 3.8) is 0 Å². The molecule has 0 atom stereocenters. The maximum Gasteiger partial charge on any atom is 0.227 e. The summed E-state index contributed by atoms with van der Waals surface area (Å²) < 4.78 is 10.9. The van der Waals surface area contributed by atoms with E-state index < -0.39 is 0 Å². The molecule has 132 valence electrons.